The van der Waals surface area contributed by atoms with Crippen molar-refractivity contribution in [3.8, 4) is 11.5 Å². The third-order valence-corrected chi connectivity index (χ3v) is 6.91. The van der Waals surface area contributed by atoms with Gasteiger partial charge in [0.2, 0.25) is 0 Å². The molecule has 2 atom stereocenters. The molecule has 0 saturated carbocycles. The lowest BCUT2D eigenvalue weighted by Crippen LogP contribution is -2.46. The molecule has 0 aromatic heterocycles. The molecule has 31 heavy (non-hydrogen) atoms. The Morgan fingerprint density at radius 2 is 1.77 bits per heavy atom. The molecule has 0 radical (unpaired) electrons. The van der Waals surface area contributed by atoms with Crippen LogP contribution in [-0.2, 0) is 21.2 Å². The molecule has 0 spiro atoms. The van der Waals surface area contributed by atoms with Gasteiger partial charge in [-0.3, -0.25) is 4.79 Å². The lowest BCUT2D eigenvalue weighted by atomic mass is 10.1. The molecule has 1 aliphatic rings. The fourth-order valence-corrected chi connectivity index (χ4v) is 5.25. The third kappa shape index (κ3) is 6.43. The molecule has 1 heterocycles. The summed E-state index contributed by atoms with van der Waals surface area (Å²) in [5.74, 6) is 0.435. The Kier molecular flexibility index (Phi) is 7.54. The zero-order valence-electron chi connectivity index (χ0n) is 17.8. The van der Waals surface area contributed by atoms with Crippen LogP contribution in [0.1, 0.15) is 32.3 Å². The van der Waals surface area contributed by atoms with Gasteiger partial charge in [0, 0.05) is 12.6 Å². The van der Waals surface area contributed by atoms with Crippen LogP contribution in [-0.4, -0.2) is 49.5 Å². The van der Waals surface area contributed by atoms with Crippen LogP contribution in [0.5, 0.6) is 11.5 Å². The van der Waals surface area contributed by atoms with E-state index in [0.717, 1.165) is 17.7 Å². The smallest absolute Gasteiger partial charge is 0.263 e. The van der Waals surface area contributed by atoms with Crippen LogP contribution in [0.3, 0.4) is 0 Å². The van der Waals surface area contributed by atoms with Crippen LogP contribution >= 0.6 is 0 Å². The largest absolute Gasteiger partial charge is 0.494 e. The Bertz CT molecular complexity index is 976. The second kappa shape index (κ2) is 10.1. The van der Waals surface area contributed by atoms with Gasteiger partial charge >= 0.3 is 0 Å². The molecule has 2 aromatic carbocycles. The van der Waals surface area contributed by atoms with Gasteiger partial charge in [0.05, 0.1) is 18.1 Å². The van der Waals surface area contributed by atoms with Gasteiger partial charge in [0.25, 0.3) is 5.91 Å². The second-order valence-electron chi connectivity index (χ2n) is 7.73. The predicted molar refractivity (Wildman–Crippen MR) is 116 cm³/mol. The number of benzene rings is 2. The molecule has 2 unspecified atom stereocenters. The van der Waals surface area contributed by atoms with Crippen LogP contribution in [0.15, 0.2) is 48.5 Å². The maximum Gasteiger partial charge on any atom is 0.263 e. The Hall–Kier alpha value is -2.61. The summed E-state index contributed by atoms with van der Waals surface area (Å²) in [5, 5.41) is 0. The first-order valence-electron chi connectivity index (χ1n) is 10.4. The maximum absolute atomic E-state index is 13.2. The van der Waals surface area contributed by atoms with E-state index in [1.807, 2.05) is 31.2 Å². The van der Waals surface area contributed by atoms with E-state index in [4.69, 9.17) is 9.47 Å². The molecule has 168 valence electrons. The van der Waals surface area contributed by atoms with Crippen molar-refractivity contribution in [1.82, 2.24) is 4.90 Å². The molecule has 0 N–H and O–H groups in total. The molecule has 0 bridgehead atoms. The number of rotatable bonds is 9. The molecular formula is C23H28FNO5S. The minimum absolute atomic E-state index is 0.0559. The number of carbonyl (C=O) groups is 1. The van der Waals surface area contributed by atoms with Gasteiger partial charge in [0.1, 0.15) is 17.3 Å². The van der Waals surface area contributed by atoms with Crippen molar-refractivity contribution in [1.29, 1.82) is 0 Å². The summed E-state index contributed by atoms with van der Waals surface area (Å²) in [6.07, 6.45) is 0.460. The van der Waals surface area contributed by atoms with Gasteiger partial charge in [-0.15, -0.1) is 0 Å². The van der Waals surface area contributed by atoms with E-state index in [-0.39, 0.29) is 24.0 Å². The normalized spacial score (nSPS) is 18.4. The van der Waals surface area contributed by atoms with Crippen LogP contribution in [0.2, 0.25) is 0 Å². The molecule has 0 aliphatic carbocycles. The highest BCUT2D eigenvalue weighted by molar-refractivity contribution is 7.91. The number of nitrogens with zero attached hydrogens (tertiary/aromatic N) is 1. The van der Waals surface area contributed by atoms with E-state index < -0.39 is 27.8 Å². The highest BCUT2D eigenvalue weighted by Crippen LogP contribution is 2.23. The molecule has 6 nitrogen and oxygen atoms in total. The standard InChI is InChI=1S/C23H28FNO5S/c1-3-13-29-21-8-4-18(5-9-21)15-25(20-12-14-31(27,28)16-20)23(26)17(2)30-22-10-6-19(24)7-11-22/h4-11,17,20H,3,12-16H2,1-2H3. The molecule has 2 aromatic rings. The number of sulfone groups is 1. The minimum Gasteiger partial charge on any atom is -0.494 e. The monoisotopic (exact) mass is 449 g/mol. The van der Waals surface area contributed by atoms with E-state index in [1.165, 1.54) is 24.3 Å². The van der Waals surface area contributed by atoms with E-state index in [9.17, 15) is 17.6 Å². The molecule has 1 aliphatic heterocycles. The van der Waals surface area contributed by atoms with Crippen molar-refractivity contribution in [2.75, 3.05) is 18.1 Å². The number of halogens is 1. The predicted octanol–water partition coefficient (Wildman–Crippen LogP) is 3.60. The number of hydrogen-bond donors (Lipinski definition) is 0. The van der Waals surface area contributed by atoms with E-state index in [0.29, 0.717) is 18.8 Å². The number of ether oxygens (including phenoxy) is 2. The fourth-order valence-electron chi connectivity index (χ4n) is 3.52. The van der Waals surface area contributed by atoms with Gasteiger partial charge < -0.3 is 14.4 Å². The minimum atomic E-state index is -3.17. The fraction of sp³-hybridized carbons (Fsp3) is 0.435. The van der Waals surface area contributed by atoms with Gasteiger partial charge in [-0.25, -0.2) is 12.8 Å². The number of amides is 1. The number of carbonyl (C=O) groups excluding carboxylic acids is 1. The first-order valence-corrected chi connectivity index (χ1v) is 12.2. The molecule has 3 rings (SSSR count). The lowest BCUT2D eigenvalue weighted by molar-refractivity contribution is -0.140. The second-order valence-corrected chi connectivity index (χ2v) is 9.96. The van der Waals surface area contributed by atoms with Gasteiger partial charge in [-0.05, 0) is 61.7 Å². The van der Waals surface area contributed by atoms with Crippen molar-refractivity contribution in [2.45, 2.75) is 45.4 Å². The first kappa shape index (κ1) is 23.1. The van der Waals surface area contributed by atoms with Crippen LogP contribution in [0, 0.1) is 5.82 Å². The SMILES string of the molecule is CCCOc1ccc(CN(C(=O)C(C)Oc2ccc(F)cc2)C2CCS(=O)(=O)C2)cc1. The molecule has 1 saturated heterocycles. The lowest BCUT2D eigenvalue weighted by Gasteiger charge is -2.31. The van der Waals surface area contributed by atoms with Gasteiger partial charge in [-0.2, -0.15) is 0 Å². The van der Waals surface area contributed by atoms with Crippen molar-refractivity contribution < 1.29 is 27.1 Å². The average Bonchev–Trinajstić information content (AvgIpc) is 3.11. The summed E-state index contributed by atoms with van der Waals surface area (Å²) >= 11 is 0. The summed E-state index contributed by atoms with van der Waals surface area (Å²) in [6, 6.07) is 12.5. The van der Waals surface area contributed by atoms with Gasteiger partial charge in [0.15, 0.2) is 15.9 Å². The van der Waals surface area contributed by atoms with Crippen LogP contribution in [0.4, 0.5) is 4.39 Å². The summed E-state index contributed by atoms with van der Waals surface area (Å²) in [6.45, 7) is 4.54. The van der Waals surface area contributed by atoms with Gasteiger partial charge in [-0.1, -0.05) is 19.1 Å². The Morgan fingerprint density at radius 1 is 1.13 bits per heavy atom. The van der Waals surface area contributed by atoms with E-state index >= 15 is 0 Å². The summed E-state index contributed by atoms with van der Waals surface area (Å²) < 4.78 is 48.5. The van der Waals surface area contributed by atoms with E-state index in [2.05, 4.69) is 0 Å². The van der Waals surface area contributed by atoms with Crippen LogP contribution < -0.4 is 9.47 Å². The van der Waals surface area contributed by atoms with Crippen molar-refractivity contribution in [2.24, 2.45) is 0 Å². The summed E-state index contributed by atoms with van der Waals surface area (Å²) in [5.41, 5.74) is 0.871. The third-order valence-electron chi connectivity index (χ3n) is 5.16. The zero-order chi connectivity index (χ0) is 22.4. The molecular weight excluding hydrogens is 421 g/mol. The molecule has 1 fully saturated rings. The highest BCUT2D eigenvalue weighted by atomic mass is 32.2. The highest BCUT2D eigenvalue weighted by Gasteiger charge is 2.36. The maximum atomic E-state index is 13.2. The number of hydrogen-bond acceptors (Lipinski definition) is 5. The zero-order valence-corrected chi connectivity index (χ0v) is 18.6. The Morgan fingerprint density at radius 3 is 2.35 bits per heavy atom. The van der Waals surface area contributed by atoms with Crippen molar-refractivity contribution in [3.05, 3.63) is 59.9 Å². The van der Waals surface area contributed by atoms with Crippen LogP contribution in [0.25, 0.3) is 0 Å². The van der Waals surface area contributed by atoms with Crippen molar-refractivity contribution in [3.63, 3.8) is 0 Å². The van der Waals surface area contributed by atoms with E-state index in [1.54, 1.807) is 11.8 Å². The first-order chi connectivity index (χ1) is 14.8. The Labute approximate surface area is 182 Å². The molecule has 8 heteroatoms. The topological polar surface area (TPSA) is 72.9 Å². The molecule has 1 amide bonds. The van der Waals surface area contributed by atoms with Crippen molar-refractivity contribution >= 4 is 15.7 Å². The summed E-state index contributed by atoms with van der Waals surface area (Å²) in [7, 11) is -3.17. The Balaban J connectivity index is 1.75. The summed E-state index contributed by atoms with van der Waals surface area (Å²) in [4.78, 5) is 14.8. The average molecular weight is 450 g/mol. The quantitative estimate of drug-likeness (QED) is 0.585.